The van der Waals surface area contributed by atoms with Crippen LogP contribution in [0.4, 0.5) is 0 Å². The normalized spacial score (nSPS) is 35.6. The summed E-state index contributed by atoms with van der Waals surface area (Å²) in [5.41, 5.74) is 0. The maximum absolute atomic E-state index is 3.69. The summed E-state index contributed by atoms with van der Waals surface area (Å²) in [6.07, 6.45) is 7.80. The lowest BCUT2D eigenvalue weighted by Gasteiger charge is -2.41. The van der Waals surface area contributed by atoms with Gasteiger partial charge in [-0.1, -0.05) is 6.42 Å². The van der Waals surface area contributed by atoms with Gasteiger partial charge in [0.05, 0.1) is 6.17 Å². The molecule has 0 bridgehead atoms. The van der Waals surface area contributed by atoms with Crippen molar-refractivity contribution in [1.29, 1.82) is 0 Å². The van der Waals surface area contributed by atoms with E-state index >= 15 is 0 Å². The molecule has 3 aliphatic rings. The van der Waals surface area contributed by atoms with E-state index < -0.39 is 0 Å². The molecule has 1 N–H and O–H groups in total. The Kier molecular flexibility index (Phi) is 2.95. The number of hydrogen-bond acceptors (Lipinski definition) is 3. The highest BCUT2D eigenvalue weighted by molar-refractivity contribution is 4.90. The Labute approximate surface area is 92.8 Å². The van der Waals surface area contributed by atoms with Gasteiger partial charge >= 0.3 is 0 Å². The van der Waals surface area contributed by atoms with Crippen LogP contribution < -0.4 is 5.32 Å². The predicted octanol–water partition coefficient (Wildman–Crippen LogP) is 0.866. The standard InChI is InChI=1S/C12H23N3/c1-2-7-14(8-3-1)12-10-15(9-6-13-12)11-4-5-11/h11-13H,1-10H2. The van der Waals surface area contributed by atoms with Crippen LogP contribution in [0.15, 0.2) is 0 Å². The van der Waals surface area contributed by atoms with Crippen LogP contribution in [0.25, 0.3) is 0 Å². The van der Waals surface area contributed by atoms with Gasteiger partial charge in [-0.15, -0.1) is 0 Å². The molecule has 2 heterocycles. The Morgan fingerprint density at radius 2 is 1.67 bits per heavy atom. The van der Waals surface area contributed by atoms with E-state index in [2.05, 4.69) is 15.1 Å². The van der Waals surface area contributed by atoms with E-state index in [1.807, 2.05) is 0 Å². The summed E-state index contributed by atoms with van der Waals surface area (Å²) in [5, 5.41) is 3.69. The monoisotopic (exact) mass is 209 g/mol. The summed E-state index contributed by atoms with van der Waals surface area (Å²) < 4.78 is 0. The molecule has 0 aromatic rings. The molecule has 1 saturated carbocycles. The van der Waals surface area contributed by atoms with Gasteiger partial charge in [0.2, 0.25) is 0 Å². The van der Waals surface area contributed by atoms with Crippen LogP contribution in [0, 0.1) is 0 Å². The zero-order chi connectivity index (χ0) is 10.1. The maximum Gasteiger partial charge on any atom is 0.0728 e. The van der Waals surface area contributed by atoms with E-state index in [0.717, 1.165) is 6.04 Å². The average Bonchev–Trinajstić information content (AvgIpc) is 3.14. The van der Waals surface area contributed by atoms with E-state index in [-0.39, 0.29) is 0 Å². The lowest BCUT2D eigenvalue weighted by Crippen LogP contribution is -2.59. The van der Waals surface area contributed by atoms with Crippen molar-refractivity contribution < 1.29 is 0 Å². The molecule has 0 aromatic carbocycles. The fourth-order valence-corrected chi connectivity index (χ4v) is 3.00. The Morgan fingerprint density at radius 3 is 2.40 bits per heavy atom. The van der Waals surface area contributed by atoms with Gasteiger partial charge in [-0.2, -0.15) is 0 Å². The summed E-state index contributed by atoms with van der Waals surface area (Å²) in [6.45, 7) is 6.36. The molecule has 0 radical (unpaired) electrons. The van der Waals surface area contributed by atoms with Crippen molar-refractivity contribution in [1.82, 2.24) is 15.1 Å². The quantitative estimate of drug-likeness (QED) is 0.728. The van der Waals surface area contributed by atoms with Crippen molar-refractivity contribution in [3.63, 3.8) is 0 Å². The van der Waals surface area contributed by atoms with Crippen LogP contribution in [0.5, 0.6) is 0 Å². The highest BCUT2D eigenvalue weighted by Crippen LogP contribution is 2.28. The lowest BCUT2D eigenvalue weighted by atomic mass is 10.1. The van der Waals surface area contributed by atoms with Crippen molar-refractivity contribution in [2.75, 3.05) is 32.7 Å². The van der Waals surface area contributed by atoms with Gasteiger partial charge in [0.25, 0.3) is 0 Å². The first kappa shape index (κ1) is 10.1. The number of piperazine rings is 1. The molecule has 0 amide bonds. The first-order valence-electron chi connectivity index (χ1n) is 6.65. The van der Waals surface area contributed by atoms with E-state index in [9.17, 15) is 0 Å². The largest absolute Gasteiger partial charge is 0.299 e. The summed E-state index contributed by atoms with van der Waals surface area (Å²) in [7, 11) is 0. The van der Waals surface area contributed by atoms with Gasteiger partial charge in [0.15, 0.2) is 0 Å². The first-order valence-corrected chi connectivity index (χ1v) is 6.65. The van der Waals surface area contributed by atoms with Crippen molar-refractivity contribution in [3.05, 3.63) is 0 Å². The molecule has 3 rings (SSSR count). The van der Waals surface area contributed by atoms with Crippen LogP contribution in [0.1, 0.15) is 32.1 Å². The Balaban J connectivity index is 1.55. The maximum atomic E-state index is 3.69. The fraction of sp³-hybridized carbons (Fsp3) is 1.00. The molecule has 3 nitrogen and oxygen atoms in total. The molecule has 86 valence electrons. The zero-order valence-corrected chi connectivity index (χ0v) is 9.62. The van der Waals surface area contributed by atoms with Gasteiger partial charge in [-0.25, -0.2) is 0 Å². The minimum Gasteiger partial charge on any atom is -0.299 e. The van der Waals surface area contributed by atoms with Gasteiger partial charge in [0.1, 0.15) is 0 Å². The van der Waals surface area contributed by atoms with Crippen LogP contribution in [-0.4, -0.2) is 54.7 Å². The molecule has 15 heavy (non-hydrogen) atoms. The third kappa shape index (κ3) is 2.35. The van der Waals surface area contributed by atoms with Crippen molar-refractivity contribution in [2.24, 2.45) is 0 Å². The van der Waals surface area contributed by atoms with Gasteiger partial charge in [-0.05, 0) is 38.8 Å². The average molecular weight is 209 g/mol. The van der Waals surface area contributed by atoms with Crippen LogP contribution in [-0.2, 0) is 0 Å². The summed E-state index contributed by atoms with van der Waals surface area (Å²) >= 11 is 0. The third-order valence-corrected chi connectivity index (χ3v) is 4.08. The second-order valence-corrected chi connectivity index (χ2v) is 5.29. The molecular formula is C12H23N3. The Bertz CT molecular complexity index is 209. The molecule has 1 atom stereocenters. The minimum absolute atomic E-state index is 0.652. The summed E-state index contributed by atoms with van der Waals surface area (Å²) in [6, 6.07) is 0.944. The molecular weight excluding hydrogens is 186 g/mol. The highest BCUT2D eigenvalue weighted by Gasteiger charge is 2.34. The number of nitrogens with one attached hydrogen (secondary N) is 1. The molecule has 3 fully saturated rings. The molecule has 2 saturated heterocycles. The van der Waals surface area contributed by atoms with Crippen molar-refractivity contribution in [2.45, 2.75) is 44.3 Å². The molecule has 3 heteroatoms. The lowest BCUT2D eigenvalue weighted by molar-refractivity contribution is 0.0660. The fourth-order valence-electron chi connectivity index (χ4n) is 3.00. The van der Waals surface area contributed by atoms with Gasteiger partial charge < -0.3 is 0 Å². The van der Waals surface area contributed by atoms with Crippen molar-refractivity contribution in [3.8, 4) is 0 Å². The Morgan fingerprint density at radius 1 is 0.867 bits per heavy atom. The number of rotatable bonds is 2. The number of likely N-dealkylation sites (tertiary alicyclic amines) is 1. The van der Waals surface area contributed by atoms with Gasteiger partial charge in [0, 0.05) is 25.7 Å². The first-order chi connectivity index (χ1) is 7.43. The Hall–Kier alpha value is -0.120. The van der Waals surface area contributed by atoms with Crippen LogP contribution >= 0.6 is 0 Å². The van der Waals surface area contributed by atoms with Gasteiger partial charge in [-0.3, -0.25) is 15.1 Å². The van der Waals surface area contributed by atoms with Crippen LogP contribution in [0.3, 0.4) is 0 Å². The second kappa shape index (κ2) is 4.40. The highest BCUT2D eigenvalue weighted by atomic mass is 15.4. The molecule has 0 aromatic heterocycles. The minimum atomic E-state index is 0.652. The molecule has 2 aliphatic heterocycles. The summed E-state index contributed by atoms with van der Waals surface area (Å²) in [5.74, 6) is 0. The number of hydrogen-bond donors (Lipinski definition) is 1. The predicted molar refractivity (Wildman–Crippen MR) is 61.8 cm³/mol. The van der Waals surface area contributed by atoms with Crippen LogP contribution in [0.2, 0.25) is 0 Å². The van der Waals surface area contributed by atoms with E-state index in [1.165, 1.54) is 64.8 Å². The van der Waals surface area contributed by atoms with E-state index in [4.69, 9.17) is 0 Å². The SMILES string of the molecule is C1CCN(C2CN(C3CC3)CCN2)CC1. The zero-order valence-electron chi connectivity index (χ0n) is 9.62. The molecule has 0 spiro atoms. The molecule has 1 aliphatic carbocycles. The molecule has 1 unspecified atom stereocenters. The smallest absolute Gasteiger partial charge is 0.0728 e. The van der Waals surface area contributed by atoms with Crippen molar-refractivity contribution >= 4 is 0 Å². The third-order valence-electron chi connectivity index (χ3n) is 4.08. The van der Waals surface area contributed by atoms with E-state index in [0.29, 0.717) is 6.17 Å². The topological polar surface area (TPSA) is 18.5 Å². The number of nitrogens with zero attached hydrogens (tertiary/aromatic N) is 2. The summed E-state index contributed by atoms with van der Waals surface area (Å²) in [4.78, 5) is 5.37. The number of piperidine rings is 1. The second-order valence-electron chi connectivity index (χ2n) is 5.29. The van der Waals surface area contributed by atoms with E-state index in [1.54, 1.807) is 0 Å².